The molecule has 6 nitrogen and oxygen atoms in total. The van der Waals surface area contributed by atoms with Crippen LogP contribution in [0.3, 0.4) is 0 Å². The van der Waals surface area contributed by atoms with Crippen LogP contribution < -0.4 is 5.32 Å². The Balaban J connectivity index is 1.78. The van der Waals surface area contributed by atoms with Gasteiger partial charge in [0, 0.05) is 11.1 Å². The molecule has 6 heteroatoms. The van der Waals surface area contributed by atoms with Crippen LogP contribution in [0.2, 0.25) is 0 Å². The van der Waals surface area contributed by atoms with Crippen LogP contribution in [0.4, 0.5) is 11.4 Å². The predicted molar refractivity (Wildman–Crippen MR) is 98.5 cm³/mol. The summed E-state index contributed by atoms with van der Waals surface area (Å²) >= 11 is 0. The van der Waals surface area contributed by atoms with Gasteiger partial charge in [0.15, 0.2) is 5.69 Å². The normalized spacial score (nSPS) is 11.3. The van der Waals surface area contributed by atoms with E-state index in [0.717, 1.165) is 34.1 Å². The van der Waals surface area contributed by atoms with Gasteiger partial charge >= 0.3 is 0 Å². The van der Waals surface area contributed by atoms with Crippen LogP contribution in [0.5, 0.6) is 5.88 Å². The number of nitrogens with one attached hydrogen (secondary N) is 2. The molecule has 128 valence electrons. The molecule has 0 aliphatic rings. The number of aryl methyl sites for hydroxylation is 2. The van der Waals surface area contributed by atoms with E-state index >= 15 is 0 Å². The third-order valence-electron chi connectivity index (χ3n) is 4.08. The van der Waals surface area contributed by atoms with Crippen LogP contribution in [0.1, 0.15) is 18.1 Å². The Hall–Kier alpha value is -3.15. The Morgan fingerprint density at radius 3 is 2.76 bits per heavy atom. The molecule has 0 fully saturated rings. The van der Waals surface area contributed by atoms with Gasteiger partial charge in [0.1, 0.15) is 0 Å². The SMILES string of the molecule is CCc1cccc2[nH]c(O)c(N=NC(=O)CNc3ccccc3C)c12. The van der Waals surface area contributed by atoms with Crippen molar-refractivity contribution in [3.8, 4) is 5.88 Å². The molecule has 3 aromatic rings. The van der Waals surface area contributed by atoms with E-state index in [1.807, 2.05) is 56.3 Å². The van der Waals surface area contributed by atoms with Crippen molar-refractivity contribution in [2.24, 2.45) is 10.2 Å². The van der Waals surface area contributed by atoms with Crippen molar-refractivity contribution in [3.05, 3.63) is 53.6 Å². The number of carbonyl (C=O) groups is 1. The van der Waals surface area contributed by atoms with Crippen LogP contribution in [-0.2, 0) is 11.2 Å². The molecule has 0 aliphatic heterocycles. The van der Waals surface area contributed by atoms with E-state index in [0.29, 0.717) is 5.69 Å². The minimum absolute atomic E-state index is 0.0398. The highest BCUT2D eigenvalue weighted by Crippen LogP contribution is 2.37. The number of benzene rings is 2. The molecule has 0 spiro atoms. The van der Waals surface area contributed by atoms with Crippen molar-refractivity contribution in [2.45, 2.75) is 20.3 Å². The number of carbonyl (C=O) groups excluding carboxylic acids is 1. The molecule has 1 heterocycles. The first kappa shape index (κ1) is 16.7. The number of aromatic hydroxyl groups is 1. The van der Waals surface area contributed by atoms with Crippen LogP contribution in [-0.4, -0.2) is 22.5 Å². The Morgan fingerprint density at radius 2 is 2.00 bits per heavy atom. The summed E-state index contributed by atoms with van der Waals surface area (Å²) in [6, 6.07) is 13.4. The van der Waals surface area contributed by atoms with Crippen LogP contribution in [0.25, 0.3) is 10.9 Å². The van der Waals surface area contributed by atoms with Gasteiger partial charge in [0.25, 0.3) is 5.91 Å². The summed E-state index contributed by atoms with van der Waals surface area (Å²) in [5.74, 6) is -0.495. The third-order valence-corrected chi connectivity index (χ3v) is 4.08. The van der Waals surface area contributed by atoms with E-state index in [4.69, 9.17) is 0 Å². The molecule has 0 saturated carbocycles. The third kappa shape index (κ3) is 3.52. The Morgan fingerprint density at radius 1 is 1.20 bits per heavy atom. The number of hydrogen-bond donors (Lipinski definition) is 3. The predicted octanol–water partition coefficient (Wildman–Crippen LogP) is 4.47. The number of hydrogen-bond acceptors (Lipinski definition) is 4. The minimum atomic E-state index is -0.411. The topological polar surface area (TPSA) is 89.8 Å². The zero-order valence-corrected chi connectivity index (χ0v) is 14.2. The van der Waals surface area contributed by atoms with Gasteiger partial charge in [-0.2, -0.15) is 0 Å². The number of aromatic nitrogens is 1. The fourth-order valence-electron chi connectivity index (χ4n) is 2.76. The lowest BCUT2D eigenvalue weighted by Gasteiger charge is -2.06. The molecule has 0 saturated heterocycles. The molecule has 0 atom stereocenters. The Kier molecular flexibility index (Phi) is 4.79. The maximum Gasteiger partial charge on any atom is 0.283 e. The summed E-state index contributed by atoms with van der Waals surface area (Å²) in [6.07, 6.45) is 0.792. The highest BCUT2D eigenvalue weighted by molar-refractivity contribution is 5.97. The van der Waals surface area contributed by atoms with E-state index in [2.05, 4.69) is 20.5 Å². The van der Waals surface area contributed by atoms with Gasteiger partial charge < -0.3 is 15.4 Å². The molecular formula is C19H20N4O2. The summed E-state index contributed by atoms with van der Waals surface area (Å²) < 4.78 is 0. The lowest BCUT2D eigenvalue weighted by molar-refractivity contribution is -0.116. The highest BCUT2D eigenvalue weighted by Gasteiger charge is 2.13. The summed E-state index contributed by atoms with van der Waals surface area (Å²) in [4.78, 5) is 14.9. The lowest BCUT2D eigenvalue weighted by atomic mass is 10.1. The number of amides is 1. The number of nitrogens with zero attached hydrogens (tertiary/aromatic N) is 2. The van der Waals surface area contributed by atoms with Crippen molar-refractivity contribution in [3.63, 3.8) is 0 Å². The summed E-state index contributed by atoms with van der Waals surface area (Å²) in [5, 5.41) is 21.6. The molecule has 0 bridgehead atoms. The molecule has 0 aliphatic carbocycles. The summed E-state index contributed by atoms with van der Waals surface area (Å²) in [5.41, 5.74) is 4.05. The summed E-state index contributed by atoms with van der Waals surface area (Å²) in [7, 11) is 0. The molecule has 1 aromatic heterocycles. The number of aromatic amines is 1. The zero-order chi connectivity index (χ0) is 17.8. The molecule has 25 heavy (non-hydrogen) atoms. The first-order valence-corrected chi connectivity index (χ1v) is 8.16. The average molecular weight is 336 g/mol. The number of azo groups is 1. The van der Waals surface area contributed by atoms with E-state index in [9.17, 15) is 9.90 Å². The van der Waals surface area contributed by atoms with Gasteiger partial charge in [-0.1, -0.05) is 37.3 Å². The molecule has 0 unspecified atom stereocenters. The number of H-pyrrole nitrogens is 1. The second kappa shape index (κ2) is 7.17. The molecule has 3 N–H and O–H groups in total. The van der Waals surface area contributed by atoms with Crippen molar-refractivity contribution in [1.29, 1.82) is 0 Å². The van der Waals surface area contributed by atoms with Crippen LogP contribution >= 0.6 is 0 Å². The van der Waals surface area contributed by atoms with E-state index in [1.165, 1.54) is 0 Å². The number of anilines is 1. The van der Waals surface area contributed by atoms with Gasteiger partial charge in [-0.05, 0) is 36.6 Å². The van der Waals surface area contributed by atoms with Gasteiger partial charge in [-0.15, -0.1) is 10.2 Å². The smallest absolute Gasteiger partial charge is 0.283 e. The van der Waals surface area contributed by atoms with Gasteiger partial charge in [-0.3, -0.25) is 4.79 Å². The van der Waals surface area contributed by atoms with E-state index in [-0.39, 0.29) is 12.4 Å². The Labute approximate surface area is 145 Å². The largest absolute Gasteiger partial charge is 0.493 e. The molecule has 1 amide bonds. The molecule has 0 radical (unpaired) electrons. The average Bonchev–Trinajstić information content (AvgIpc) is 2.94. The Bertz CT molecular complexity index is 944. The maximum absolute atomic E-state index is 12.0. The van der Waals surface area contributed by atoms with Crippen molar-refractivity contribution in [2.75, 3.05) is 11.9 Å². The number of fused-ring (bicyclic) bond motifs is 1. The molecule has 2 aromatic carbocycles. The van der Waals surface area contributed by atoms with Crippen LogP contribution in [0.15, 0.2) is 52.7 Å². The van der Waals surface area contributed by atoms with Gasteiger partial charge in [0.2, 0.25) is 5.88 Å². The van der Waals surface area contributed by atoms with E-state index < -0.39 is 5.91 Å². The minimum Gasteiger partial charge on any atom is -0.493 e. The second-order valence-electron chi connectivity index (χ2n) is 5.78. The van der Waals surface area contributed by atoms with Crippen molar-refractivity contribution in [1.82, 2.24) is 4.98 Å². The first-order valence-electron chi connectivity index (χ1n) is 8.16. The summed E-state index contributed by atoms with van der Waals surface area (Å²) in [6.45, 7) is 4.03. The fraction of sp³-hybridized carbons (Fsp3) is 0.211. The monoisotopic (exact) mass is 336 g/mol. The van der Waals surface area contributed by atoms with Gasteiger partial charge in [-0.25, -0.2) is 0 Å². The lowest BCUT2D eigenvalue weighted by Crippen LogP contribution is -2.11. The van der Waals surface area contributed by atoms with Gasteiger partial charge in [0.05, 0.1) is 12.1 Å². The van der Waals surface area contributed by atoms with Crippen molar-refractivity contribution < 1.29 is 9.90 Å². The number of para-hydroxylation sites is 1. The maximum atomic E-state index is 12.0. The zero-order valence-electron chi connectivity index (χ0n) is 14.2. The highest BCUT2D eigenvalue weighted by atomic mass is 16.3. The molecular weight excluding hydrogens is 316 g/mol. The second-order valence-corrected chi connectivity index (χ2v) is 5.78. The van der Waals surface area contributed by atoms with Crippen molar-refractivity contribution >= 4 is 28.2 Å². The fourth-order valence-corrected chi connectivity index (χ4v) is 2.76. The van der Waals surface area contributed by atoms with Crippen LogP contribution in [0, 0.1) is 6.92 Å². The number of rotatable bonds is 5. The quantitative estimate of drug-likeness (QED) is 0.601. The first-order chi connectivity index (χ1) is 12.1. The molecule has 3 rings (SSSR count). The standard InChI is InChI=1S/C19H20N4O2/c1-3-13-8-6-10-15-17(13)18(19(25)21-15)23-22-16(24)11-20-14-9-5-4-7-12(14)2/h4-10,20-21,25H,3,11H2,1-2H3. The van der Waals surface area contributed by atoms with E-state index in [1.54, 1.807) is 0 Å².